The van der Waals surface area contributed by atoms with Gasteiger partial charge in [-0.25, -0.2) is 9.97 Å². The van der Waals surface area contributed by atoms with E-state index in [1.165, 1.54) is 0 Å². The van der Waals surface area contributed by atoms with Gasteiger partial charge in [-0.15, -0.1) is 0 Å². The van der Waals surface area contributed by atoms with Gasteiger partial charge in [-0.05, 0) is 31.9 Å². The summed E-state index contributed by atoms with van der Waals surface area (Å²) in [6.07, 6.45) is 2.68. The molecular formula is C14H16N2O. The molecule has 0 saturated carbocycles. The molecule has 17 heavy (non-hydrogen) atoms. The Hall–Kier alpha value is -1.74. The Labute approximate surface area is 101 Å². The summed E-state index contributed by atoms with van der Waals surface area (Å²) in [7, 11) is 0. The third-order valence-corrected chi connectivity index (χ3v) is 2.61. The van der Waals surface area contributed by atoms with Gasteiger partial charge in [0.1, 0.15) is 6.10 Å². The molecule has 0 aliphatic heterocycles. The average Bonchev–Trinajstić information content (AvgIpc) is 2.28. The molecule has 1 unspecified atom stereocenters. The molecule has 2 rings (SSSR count). The first kappa shape index (κ1) is 11.7. The minimum absolute atomic E-state index is 0.445. The van der Waals surface area contributed by atoms with E-state index in [1.807, 2.05) is 32.9 Å². The van der Waals surface area contributed by atoms with E-state index < -0.39 is 6.10 Å². The van der Waals surface area contributed by atoms with Gasteiger partial charge in [-0.1, -0.05) is 29.3 Å². The van der Waals surface area contributed by atoms with E-state index in [0.29, 0.717) is 5.82 Å². The molecule has 0 bridgehead atoms. The highest BCUT2D eigenvalue weighted by Gasteiger charge is 2.13. The zero-order chi connectivity index (χ0) is 12.4. The molecule has 1 aromatic heterocycles. The molecule has 0 aliphatic carbocycles. The lowest BCUT2D eigenvalue weighted by Crippen LogP contribution is -2.05. The summed E-state index contributed by atoms with van der Waals surface area (Å²) in [5, 5.41) is 10.2. The molecule has 2 aromatic rings. The van der Waals surface area contributed by atoms with Crippen molar-refractivity contribution in [2.24, 2.45) is 0 Å². The van der Waals surface area contributed by atoms with Crippen LogP contribution >= 0.6 is 0 Å². The van der Waals surface area contributed by atoms with E-state index in [0.717, 1.165) is 22.3 Å². The van der Waals surface area contributed by atoms with Gasteiger partial charge in [0, 0.05) is 12.4 Å². The molecule has 0 amide bonds. The van der Waals surface area contributed by atoms with Gasteiger partial charge < -0.3 is 5.11 Å². The number of nitrogens with zero attached hydrogens (tertiary/aromatic N) is 2. The number of aryl methyl sites for hydroxylation is 3. The Kier molecular flexibility index (Phi) is 3.20. The van der Waals surface area contributed by atoms with E-state index in [4.69, 9.17) is 0 Å². The average molecular weight is 228 g/mol. The summed E-state index contributed by atoms with van der Waals surface area (Å²) in [5.41, 5.74) is 4.09. The highest BCUT2D eigenvalue weighted by Crippen LogP contribution is 2.21. The van der Waals surface area contributed by atoms with E-state index in [9.17, 15) is 5.11 Å². The molecule has 1 heterocycles. The second kappa shape index (κ2) is 4.63. The molecule has 0 fully saturated rings. The lowest BCUT2D eigenvalue weighted by Gasteiger charge is -2.11. The highest BCUT2D eigenvalue weighted by molar-refractivity contribution is 5.32. The third kappa shape index (κ3) is 2.68. The third-order valence-electron chi connectivity index (χ3n) is 2.61. The van der Waals surface area contributed by atoms with Crippen molar-refractivity contribution in [3.63, 3.8) is 0 Å². The number of rotatable bonds is 2. The second-order valence-corrected chi connectivity index (χ2v) is 4.44. The van der Waals surface area contributed by atoms with Crippen molar-refractivity contribution in [2.75, 3.05) is 0 Å². The molecule has 0 radical (unpaired) electrons. The van der Waals surface area contributed by atoms with Crippen LogP contribution in [-0.2, 0) is 0 Å². The van der Waals surface area contributed by atoms with E-state index in [-0.39, 0.29) is 0 Å². The minimum atomic E-state index is -0.755. The van der Waals surface area contributed by atoms with E-state index >= 15 is 0 Å². The number of benzene rings is 1. The molecular weight excluding hydrogens is 212 g/mol. The topological polar surface area (TPSA) is 46.0 Å². The SMILES string of the molecule is Cc1cnc(C(O)c2cc(C)cc(C)c2)nc1. The molecule has 0 aliphatic rings. The lowest BCUT2D eigenvalue weighted by molar-refractivity contribution is 0.209. The van der Waals surface area contributed by atoms with Crippen LogP contribution in [0.4, 0.5) is 0 Å². The van der Waals surface area contributed by atoms with Gasteiger partial charge >= 0.3 is 0 Å². The minimum Gasteiger partial charge on any atom is -0.380 e. The molecule has 1 aromatic carbocycles. The smallest absolute Gasteiger partial charge is 0.161 e. The number of hydrogen-bond donors (Lipinski definition) is 1. The highest BCUT2D eigenvalue weighted by atomic mass is 16.3. The van der Waals surface area contributed by atoms with Crippen LogP contribution in [0.2, 0.25) is 0 Å². The van der Waals surface area contributed by atoms with Gasteiger partial charge in [-0.3, -0.25) is 0 Å². The Bertz CT molecular complexity index is 500. The van der Waals surface area contributed by atoms with Gasteiger partial charge in [-0.2, -0.15) is 0 Å². The Morgan fingerprint density at radius 3 is 1.94 bits per heavy atom. The number of aromatic nitrogens is 2. The predicted molar refractivity (Wildman–Crippen MR) is 66.7 cm³/mol. The molecule has 3 heteroatoms. The number of hydrogen-bond acceptors (Lipinski definition) is 3. The largest absolute Gasteiger partial charge is 0.380 e. The summed E-state index contributed by atoms with van der Waals surface area (Å²) in [6, 6.07) is 5.99. The summed E-state index contributed by atoms with van der Waals surface area (Å²) < 4.78 is 0. The van der Waals surface area contributed by atoms with Crippen molar-refractivity contribution < 1.29 is 5.11 Å². The first-order chi connectivity index (χ1) is 8.06. The summed E-state index contributed by atoms with van der Waals surface area (Å²) in [6.45, 7) is 5.95. The van der Waals surface area contributed by atoms with Crippen molar-refractivity contribution in [1.82, 2.24) is 9.97 Å². The van der Waals surface area contributed by atoms with Crippen molar-refractivity contribution in [3.8, 4) is 0 Å². The quantitative estimate of drug-likeness (QED) is 0.859. The Morgan fingerprint density at radius 1 is 0.882 bits per heavy atom. The summed E-state index contributed by atoms with van der Waals surface area (Å²) in [5.74, 6) is 0.445. The Morgan fingerprint density at radius 2 is 1.41 bits per heavy atom. The maximum Gasteiger partial charge on any atom is 0.161 e. The zero-order valence-electron chi connectivity index (χ0n) is 10.3. The monoisotopic (exact) mass is 228 g/mol. The number of aliphatic hydroxyl groups excluding tert-OH is 1. The molecule has 0 spiro atoms. The fraction of sp³-hybridized carbons (Fsp3) is 0.286. The number of aliphatic hydroxyl groups is 1. The van der Waals surface area contributed by atoms with Crippen LogP contribution in [0.25, 0.3) is 0 Å². The van der Waals surface area contributed by atoms with Gasteiger partial charge in [0.2, 0.25) is 0 Å². The lowest BCUT2D eigenvalue weighted by atomic mass is 10.0. The van der Waals surface area contributed by atoms with Crippen molar-refractivity contribution >= 4 is 0 Å². The van der Waals surface area contributed by atoms with Crippen molar-refractivity contribution in [3.05, 3.63) is 58.7 Å². The Balaban J connectivity index is 2.36. The second-order valence-electron chi connectivity index (χ2n) is 4.44. The molecule has 88 valence electrons. The summed E-state index contributed by atoms with van der Waals surface area (Å²) >= 11 is 0. The normalized spacial score (nSPS) is 12.5. The van der Waals surface area contributed by atoms with Crippen LogP contribution in [0.5, 0.6) is 0 Å². The first-order valence-corrected chi connectivity index (χ1v) is 5.61. The van der Waals surface area contributed by atoms with Crippen LogP contribution in [-0.4, -0.2) is 15.1 Å². The van der Waals surface area contributed by atoms with Crippen LogP contribution in [0, 0.1) is 20.8 Å². The fourth-order valence-corrected chi connectivity index (χ4v) is 1.86. The van der Waals surface area contributed by atoms with Gasteiger partial charge in [0.05, 0.1) is 0 Å². The maximum absolute atomic E-state index is 10.2. The standard InChI is InChI=1S/C14H16N2O/c1-9-4-10(2)6-12(5-9)13(17)14-15-7-11(3)8-16-14/h4-8,13,17H,1-3H3. The predicted octanol–water partition coefficient (Wildman–Crippen LogP) is 2.48. The van der Waals surface area contributed by atoms with Crippen LogP contribution in [0.1, 0.15) is 34.2 Å². The van der Waals surface area contributed by atoms with E-state index in [2.05, 4.69) is 16.0 Å². The molecule has 1 N–H and O–H groups in total. The summed E-state index contributed by atoms with van der Waals surface area (Å²) in [4.78, 5) is 8.31. The fourth-order valence-electron chi connectivity index (χ4n) is 1.86. The van der Waals surface area contributed by atoms with Crippen molar-refractivity contribution in [1.29, 1.82) is 0 Å². The van der Waals surface area contributed by atoms with E-state index in [1.54, 1.807) is 12.4 Å². The molecule has 3 nitrogen and oxygen atoms in total. The molecule has 0 saturated heterocycles. The maximum atomic E-state index is 10.2. The first-order valence-electron chi connectivity index (χ1n) is 5.61. The van der Waals surface area contributed by atoms with Crippen LogP contribution < -0.4 is 0 Å². The van der Waals surface area contributed by atoms with Crippen molar-refractivity contribution in [2.45, 2.75) is 26.9 Å². The van der Waals surface area contributed by atoms with Crippen LogP contribution in [0.15, 0.2) is 30.6 Å². The van der Waals surface area contributed by atoms with Gasteiger partial charge in [0.15, 0.2) is 5.82 Å². The van der Waals surface area contributed by atoms with Gasteiger partial charge in [0.25, 0.3) is 0 Å². The molecule has 1 atom stereocenters. The zero-order valence-corrected chi connectivity index (χ0v) is 10.3. The van der Waals surface area contributed by atoms with Crippen LogP contribution in [0.3, 0.4) is 0 Å².